The molecule has 0 aromatic heterocycles. The summed E-state index contributed by atoms with van der Waals surface area (Å²) in [6.45, 7) is 6.76. The van der Waals surface area contributed by atoms with E-state index in [1.54, 1.807) is 0 Å². The van der Waals surface area contributed by atoms with Crippen molar-refractivity contribution in [1.82, 2.24) is 5.32 Å². The van der Waals surface area contributed by atoms with Crippen molar-refractivity contribution < 1.29 is 9.59 Å². The number of benzene rings is 4. The average molecular weight is 547 g/mol. The van der Waals surface area contributed by atoms with Crippen LogP contribution in [0.1, 0.15) is 51.5 Å². The maximum atomic E-state index is 13.7. The van der Waals surface area contributed by atoms with E-state index in [2.05, 4.69) is 62.5 Å². The monoisotopic (exact) mass is 546 g/mol. The maximum Gasteiger partial charge on any atom is 0.265 e. The van der Waals surface area contributed by atoms with Gasteiger partial charge in [-0.1, -0.05) is 97.0 Å². The molecule has 1 unspecified atom stereocenters. The first-order chi connectivity index (χ1) is 19.4. The molecule has 4 aromatic carbocycles. The van der Waals surface area contributed by atoms with Crippen LogP contribution in [0.2, 0.25) is 0 Å². The summed E-state index contributed by atoms with van der Waals surface area (Å²) >= 11 is 1.49. The van der Waals surface area contributed by atoms with Crippen molar-refractivity contribution in [2.75, 3.05) is 4.90 Å². The Labute approximate surface area is 241 Å². The molecule has 0 radical (unpaired) electrons. The van der Waals surface area contributed by atoms with Crippen molar-refractivity contribution >= 4 is 35.3 Å². The second kappa shape index (κ2) is 12.4. The molecular formula is C35H34N2O2S. The van der Waals surface area contributed by atoms with Crippen molar-refractivity contribution in [1.29, 1.82) is 0 Å². The van der Waals surface area contributed by atoms with Crippen LogP contribution in [0.3, 0.4) is 0 Å². The van der Waals surface area contributed by atoms with Gasteiger partial charge in [-0.05, 0) is 79.3 Å². The molecule has 4 aromatic rings. The van der Waals surface area contributed by atoms with Gasteiger partial charge in [-0.2, -0.15) is 0 Å². The van der Waals surface area contributed by atoms with Crippen LogP contribution in [-0.2, 0) is 17.8 Å². The Balaban J connectivity index is 1.33. The van der Waals surface area contributed by atoms with E-state index in [4.69, 9.17) is 0 Å². The van der Waals surface area contributed by atoms with E-state index in [-0.39, 0.29) is 17.9 Å². The number of nitrogens with zero attached hydrogens (tertiary/aromatic N) is 1. The molecule has 0 fully saturated rings. The van der Waals surface area contributed by atoms with Gasteiger partial charge >= 0.3 is 0 Å². The second-order valence-corrected chi connectivity index (χ2v) is 11.4. The van der Waals surface area contributed by atoms with Crippen LogP contribution in [0, 0.1) is 13.8 Å². The Hall–Kier alpha value is -4.09. The molecule has 1 atom stereocenters. The maximum absolute atomic E-state index is 13.7. The van der Waals surface area contributed by atoms with E-state index in [1.807, 2.05) is 71.6 Å². The summed E-state index contributed by atoms with van der Waals surface area (Å²) in [5, 5.41) is 3.17. The number of rotatable bonds is 8. The number of hydrogen-bond donors (Lipinski definition) is 1. The molecule has 5 rings (SSSR count). The molecule has 2 amide bonds. The summed E-state index contributed by atoms with van der Waals surface area (Å²) in [7, 11) is 0. The quantitative estimate of drug-likeness (QED) is 0.230. The van der Waals surface area contributed by atoms with Crippen LogP contribution in [-0.4, -0.2) is 17.9 Å². The van der Waals surface area contributed by atoms with Crippen molar-refractivity contribution in [2.24, 2.45) is 0 Å². The first-order valence-corrected chi connectivity index (χ1v) is 14.5. The average Bonchev–Trinajstić information content (AvgIpc) is 2.97. The number of amides is 2. The Morgan fingerprint density at radius 3 is 2.40 bits per heavy atom. The van der Waals surface area contributed by atoms with Crippen molar-refractivity contribution in [2.45, 2.75) is 51.1 Å². The van der Waals surface area contributed by atoms with E-state index >= 15 is 0 Å². The summed E-state index contributed by atoms with van der Waals surface area (Å²) in [5.74, 6) is -0.100. The molecule has 0 aliphatic carbocycles. The van der Waals surface area contributed by atoms with E-state index in [0.717, 1.165) is 34.6 Å². The Kier molecular flexibility index (Phi) is 8.51. The van der Waals surface area contributed by atoms with Gasteiger partial charge in [-0.25, -0.2) is 0 Å². The molecule has 1 heterocycles. The predicted molar refractivity (Wildman–Crippen MR) is 166 cm³/mol. The molecule has 0 saturated carbocycles. The molecule has 40 heavy (non-hydrogen) atoms. The van der Waals surface area contributed by atoms with E-state index in [1.165, 1.54) is 28.5 Å². The van der Waals surface area contributed by atoms with Crippen LogP contribution >= 0.6 is 11.8 Å². The fourth-order valence-corrected chi connectivity index (χ4v) is 5.97. The molecule has 1 aliphatic rings. The first kappa shape index (κ1) is 27.5. The third-order valence-corrected chi connectivity index (χ3v) is 8.37. The van der Waals surface area contributed by atoms with E-state index in [0.29, 0.717) is 17.0 Å². The van der Waals surface area contributed by atoms with E-state index < -0.39 is 0 Å². The molecule has 0 spiro atoms. The highest BCUT2D eigenvalue weighted by atomic mass is 32.2. The Morgan fingerprint density at radius 1 is 0.925 bits per heavy atom. The molecule has 202 valence electrons. The van der Waals surface area contributed by atoms with Crippen LogP contribution in [0.25, 0.3) is 6.08 Å². The molecular weight excluding hydrogens is 512 g/mol. The minimum absolute atomic E-state index is 0.0156. The number of aryl methyl sites for hydroxylation is 2. The number of para-hydroxylation sites is 1. The van der Waals surface area contributed by atoms with Gasteiger partial charge in [0.1, 0.15) is 0 Å². The van der Waals surface area contributed by atoms with Crippen molar-refractivity contribution in [3.63, 3.8) is 0 Å². The first-order valence-electron chi connectivity index (χ1n) is 13.7. The smallest absolute Gasteiger partial charge is 0.265 e. The zero-order valence-electron chi connectivity index (χ0n) is 23.2. The highest BCUT2D eigenvalue weighted by Crippen LogP contribution is 2.42. The number of nitrogens with one attached hydrogen (secondary N) is 1. The normalized spacial score (nSPS) is 14.6. The number of thioether (sulfide) groups is 1. The minimum Gasteiger partial charge on any atom is -0.349 e. The third kappa shape index (κ3) is 6.37. The van der Waals surface area contributed by atoms with Gasteiger partial charge < -0.3 is 10.2 Å². The zero-order valence-corrected chi connectivity index (χ0v) is 24.0. The third-order valence-electron chi connectivity index (χ3n) is 7.29. The lowest BCUT2D eigenvalue weighted by Gasteiger charge is -2.31. The van der Waals surface area contributed by atoms with Gasteiger partial charge in [0, 0.05) is 16.5 Å². The van der Waals surface area contributed by atoms with Gasteiger partial charge in [0.15, 0.2) is 0 Å². The Bertz CT molecular complexity index is 1540. The summed E-state index contributed by atoms with van der Waals surface area (Å²) < 4.78 is 0. The summed E-state index contributed by atoms with van der Waals surface area (Å²) in [6.07, 6.45) is 3.57. The minimum atomic E-state index is -0.0845. The lowest BCUT2D eigenvalue weighted by molar-refractivity contribution is -0.114. The molecule has 1 N–H and O–H groups in total. The molecule has 1 aliphatic heterocycles. The highest BCUT2D eigenvalue weighted by molar-refractivity contribution is 8.04. The van der Waals surface area contributed by atoms with Gasteiger partial charge in [0.2, 0.25) is 0 Å². The lowest BCUT2D eigenvalue weighted by Crippen LogP contribution is -2.35. The SMILES string of the molecule is CCC(Cc1ccccc1)NC(=O)c1ccc(C=C2Sc3ccccc3N(Cc3cc(C)ccc3C)C2=O)cc1. The van der Waals surface area contributed by atoms with Crippen molar-refractivity contribution in [3.05, 3.63) is 135 Å². The van der Waals surface area contributed by atoms with Gasteiger partial charge in [-0.15, -0.1) is 0 Å². The topological polar surface area (TPSA) is 49.4 Å². The standard InChI is InChI=1S/C35H34N2O2S/c1-4-30(21-26-10-6-5-7-11-26)36-34(38)28-18-16-27(17-19-28)22-33-35(39)37(31-12-8-9-13-32(31)40-33)23-29-20-24(2)14-15-25(29)3/h5-20,22,30H,4,21,23H2,1-3H3,(H,36,38). The number of hydrogen-bond acceptors (Lipinski definition) is 3. The molecule has 4 nitrogen and oxygen atoms in total. The summed E-state index contributed by atoms with van der Waals surface area (Å²) in [6, 6.07) is 32.2. The zero-order chi connectivity index (χ0) is 28.1. The molecule has 0 saturated heterocycles. The van der Waals surface area contributed by atoms with Gasteiger partial charge in [0.25, 0.3) is 11.8 Å². The van der Waals surface area contributed by atoms with Crippen LogP contribution in [0.5, 0.6) is 0 Å². The number of fused-ring (bicyclic) bond motifs is 1. The summed E-state index contributed by atoms with van der Waals surface area (Å²) in [5.41, 5.74) is 7.12. The fourth-order valence-electron chi connectivity index (χ4n) is 4.91. The fraction of sp³-hybridized carbons (Fsp3) is 0.200. The van der Waals surface area contributed by atoms with Crippen LogP contribution < -0.4 is 10.2 Å². The van der Waals surface area contributed by atoms with Crippen molar-refractivity contribution in [3.8, 4) is 0 Å². The van der Waals surface area contributed by atoms with Crippen LogP contribution in [0.4, 0.5) is 5.69 Å². The van der Waals surface area contributed by atoms with Gasteiger partial charge in [0.05, 0.1) is 17.1 Å². The number of anilines is 1. The lowest BCUT2D eigenvalue weighted by atomic mass is 10.0. The highest BCUT2D eigenvalue weighted by Gasteiger charge is 2.29. The second-order valence-electron chi connectivity index (χ2n) is 10.3. The predicted octanol–water partition coefficient (Wildman–Crippen LogP) is 7.73. The molecule has 5 heteroatoms. The van der Waals surface area contributed by atoms with E-state index in [9.17, 15) is 9.59 Å². The number of carbonyl (C=O) groups excluding carboxylic acids is 2. The Morgan fingerprint density at radius 2 is 1.65 bits per heavy atom. The summed E-state index contributed by atoms with van der Waals surface area (Å²) in [4.78, 5) is 30.3. The number of carbonyl (C=O) groups is 2. The molecule has 0 bridgehead atoms. The van der Waals surface area contributed by atoms with Crippen LogP contribution in [0.15, 0.2) is 107 Å². The largest absolute Gasteiger partial charge is 0.349 e. The van der Waals surface area contributed by atoms with Gasteiger partial charge in [-0.3, -0.25) is 9.59 Å².